The SMILES string of the molecule is CCC(=O)CC(C)=NN(c1ccccc1)[Si](C)(C)C. The van der Waals surface area contributed by atoms with Gasteiger partial charge in [-0.05, 0) is 38.7 Å². The van der Waals surface area contributed by atoms with Gasteiger partial charge < -0.3 is 0 Å². The highest BCUT2D eigenvalue weighted by atomic mass is 28.3. The fourth-order valence-corrected chi connectivity index (χ4v) is 3.18. The van der Waals surface area contributed by atoms with Crippen molar-refractivity contribution in [2.24, 2.45) is 5.10 Å². The molecule has 1 aromatic rings. The van der Waals surface area contributed by atoms with Crippen LogP contribution in [-0.4, -0.2) is 19.7 Å². The van der Waals surface area contributed by atoms with E-state index in [1.807, 2.05) is 32.0 Å². The maximum Gasteiger partial charge on any atom is 0.176 e. The molecule has 0 unspecified atom stereocenters. The molecule has 0 aliphatic heterocycles. The van der Waals surface area contributed by atoms with E-state index in [1.54, 1.807) is 0 Å². The summed E-state index contributed by atoms with van der Waals surface area (Å²) < 4.78 is 2.12. The quantitative estimate of drug-likeness (QED) is 0.445. The van der Waals surface area contributed by atoms with Gasteiger partial charge in [0.25, 0.3) is 0 Å². The van der Waals surface area contributed by atoms with Crippen molar-refractivity contribution in [2.45, 2.75) is 46.3 Å². The third kappa shape index (κ3) is 4.99. The van der Waals surface area contributed by atoms with Gasteiger partial charge in [0.15, 0.2) is 8.24 Å². The first-order chi connectivity index (χ1) is 8.84. The van der Waals surface area contributed by atoms with Gasteiger partial charge in [-0.15, -0.1) is 0 Å². The number of Topliss-reactive ketones (excluding diaryl/α,β-unsaturated/α-hetero) is 1. The number of benzene rings is 1. The lowest BCUT2D eigenvalue weighted by atomic mass is 10.2. The number of carbonyl (C=O) groups excluding carboxylic acids is 1. The number of anilines is 1. The second-order valence-electron chi connectivity index (χ2n) is 5.72. The number of hydrogen-bond acceptors (Lipinski definition) is 3. The topological polar surface area (TPSA) is 32.7 Å². The normalized spacial score (nSPS) is 12.4. The van der Waals surface area contributed by atoms with Crippen LogP contribution in [0.5, 0.6) is 0 Å². The lowest BCUT2D eigenvalue weighted by Crippen LogP contribution is -2.43. The van der Waals surface area contributed by atoms with Crippen LogP contribution in [0, 0.1) is 0 Å². The Kier molecular flexibility index (Phi) is 5.48. The van der Waals surface area contributed by atoms with Crippen molar-refractivity contribution in [3.05, 3.63) is 30.3 Å². The third-order valence-electron chi connectivity index (χ3n) is 2.75. The summed E-state index contributed by atoms with van der Waals surface area (Å²) in [5, 5.41) is 4.70. The van der Waals surface area contributed by atoms with Crippen LogP contribution < -0.4 is 4.67 Å². The van der Waals surface area contributed by atoms with Gasteiger partial charge in [0.2, 0.25) is 0 Å². The van der Waals surface area contributed by atoms with Crippen molar-refractivity contribution in [1.82, 2.24) is 0 Å². The zero-order valence-electron chi connectivity index (χ0n) is 12.6. The predicted octanol–water partition coefficient (Wildman–Crippen LogP) is 4.07. The molecule has 0 aliphatic carbocycles. The highest BCUT2D eigenvalue weighted by molar-refractivity contribution is 6.79. The highest BCUT2D eigenvalue weighted by Crippen LogP contribution is 2.22. The van der Waals surface area contributed by atoms with Crippen molar-refractivity contribution >= 4 is 25.4 Å². The molecule has 0 spiro atoms. The van der Waals surface area contributed by atoms with Crippen LogP contribution in [0.25, 0.3) is 0 Å². The first-order valence-corrected chi connectivity index (χ1v) is 10.2. The molecular weight excluding hydrogens is 252 g/mol. The minimum Gasteiger partial charge on any atom is -0.299 e. The highest BCUT2D eigenvalue weighted by Gasteiger charge is 2.24. The summed E-state index contributed by atoms with van der Waals surface area (Å²) in [5.74, 6) is 0.241. The van der Waals surface area contributed by atoms with Crippen LogP contribution in [0.2, 0.25) is 19.6 Å². The van der Waals surface area contributed by atoms with E-state index in [-0.39, 0.29) is 5.78 Å². The number of carbonyl (C=O) groups is 1. The van der Waals surface area contributed by atoms with Gasteiger partial charge in [0, 0.05) is 24.2 Å². The van der Waals surface area contributed by atoms with Gasteiger partial charge in [0.1, 0.15) is 5.78 Å². The number of para-hydroxylation sites is 1. The van der Waals surface area contributed by atoms with Crippen molar-refractivity contribution in [3.63, 3.8) is 0 Å². The summed E-state index contributed by atoms with van der Waals surface area (Å²) in [6.45, 7) is 10.6. The van der Waals surface area contributed by atoms with Crippen LogP contribution in [0.4, 0.5) is 5.69 Å². The molecule has 104 valence electrons. The van der Waals surface area contributed by atoms with Gasteiger partial charge in [-0.3, -0.25) is 9.47 Å². The molecule has 0 bridgehead atoms. The Morgan fingerprint density at radius 2 is 1.79 bits per heavy atom. The second kappa shape index (κ2) is 6.66. The van der Waals surface area contributed by atoms with E-state index in [2.05, 4.69) is 36.4 Å². The molecule has 0 heterocycles. The lowest BCUT2D eigenvalue weighted by Gasteiger charge is -2.32. The molecular formula is C15H24N2OSi. The summed E-state index contributed by atoms with van der Waals surface area (Å²) >= 11 is 0. The summed E-state index contributed by atoms with van der Waals surface area (Å²) in [5.41, 5.74) is 1.99. The monoisotopic (exact) mass is 276 g/mol. The molecule has 1 rings (SSSR count). The zero-order chi connectivity index (χ0) is 14.5. The number of ketones is 1. The van der Waals surface area contributed by atoms with Crippen LogP contribution >= 0.6 is 0 Å². The standard InChI is InChI=1S/C15H24N2OSi/c1-6-15(18)12-13(2)16-17(19(3,4)5)14-10-8-7-9-11-14/h7-11H,6,12H2,1-5H3. The van der Waals surface area contributed by atoms with E-state index in [0.717, 1.165) is 11.4 Å². The maximum absolute atomic E-state index is 11.5. The second-order valence-corrected chi connectivity index (χ2v) is 10.5. The Labute approximate surface area is 117 Å². The molecule has 19 heavy (non-hydrogen) atoms. The van der Waals surface area contributed by atoms with E-state index >= 15 is 0 Å². The first-order valence-electron chi connectivity index (χ1n) is 6.75. The number of hydrogen-bond donors (Lipinski definition) is 0. The Balaban J connectivity index is 3.00. The average molecular weight is 276 g/mol. The number of hydrazone groups is 1. The Bertz CT molecular complexity index is 449. The minimum atomic E-state index is -1.62. The average Bonchev–Trinajstić information content (AvgIpc) is 2.35. The summed E-state index contributed by atoms with van der Waals surface area (Å²) in [4.78, 5) is 11.5. The largest absolute Gasteiger partial charge is 0.299 e. The molecule has 0 aliphatic rings. The van der Waals surface area contributed by atoms with Crippen LogP contribution in [0.15, 0.2) is 35.4 Å². The van der Waals surface area contributed by atoms with Gasteiger partial charge >= 0.3 is 0 Å². The molecule has 0 saturated heterocycles. The van der Waals surface area contributed by atoms with Crippen LogP contribution in [-0.2, 0) is 4.79 Å². The van der Waals surface area contributed by atoms with E-state index in [0.29, 0.717) is 12.8 Å². The fourth-order valence-electron chi connectivity index (χ4n) is 1.78. The van der Waals surface area contributed by atoms with Crippen LogP contribution in [0.3, 0.4) is 0 Å². The Morgan fingerprint density at radius 3 is 2.26 bits per heavy atom. The first kappa shape index (κ1) is 15.6. The molecule has 0 aromatic heterocycles. The van der Waals surface area contributed by atoms with Crippen molar-refractivity contribution in [1.29, 1.82) is 0 Å². The summed E-state index contributed by atoms with van der Waals surface area (Å²) in [6, 6.07) is 10.2. The Hall–Kier alpha value is -1.42. The molecule has 0 radical (unpaired) electrons. The summed E-state index contributed by atoms with van der Waals surface area (Å²) in [7, 11) is -1.62. The molecule has 0 saturated carbocycles. The maximum atomic E-state index is 11.5. The van der Waals surface area contributed by atoms with Crippen molar-refractivity contribution in [3.8, 4) is 0 Å². The van der Waals surface area contributed by atoms with E-state index in [1.165, 1.54) is 0 Å². The molecule has 0 atom stereocenters. The Morgan fingerprint density at radius 1 is 1.21 bits per heavy atom. The molecule has 3 nitrogen and oxygen atoms in total. The molecule has 0 N–H and O–H groups in total. The zero-order valence-corrected chi connectivity index (χ0v) is 13.6. The van der Waals surface area contributed by atoms with E-state index in [9.17, 15) is 4.79 Å². The van der Waals surface area contributed by atoms with Gasteiger partial charge in [-0.25, -0.2) is 0 Å². The number of nitrogens with zero attached hydrogens (tertiary/aromatic N) is 2. The van der Waals surface area contributed by atoms with E-state index in [4.69, 9.17) is 5.10 Å². The molecule has 0 amide bonds. The molecule has 1 aromatic carbocycles. The predicted molar refractivity (Wildman–Crippen MR) is 85.3 cm³/mol. The molecule has 0 fully saturated rings. The third-order valence-corrected chi connectivity index (χ3v) is 4.38. The summed E-state index contributed by atoms with van der Waals surface area (Å²) in [6.07, 6.45) is 1.02. The van der Waals surface area contributed by atoms with Gasteiger partial charge in [-0.2, -0.15) is 5.10 Å². The number of rotatable bonds is 6. The smallest absolute Gasteiger partial charge is 0.176 e. The van der Waals surface area contributed by atoms with Gasteiger partial charge in [0.05, 0.1) is 0 Å². The van der Waals surface area contributed by atoms with Crippen molar-refractivity contribution < 1.29 is 4.79 Å². The minimum absolute atomic E-state index is 0.241. The fraction of sp³-hybridized carbons (Fsp3) is 0.467. The molecule has 4 heteroatoms. The lowest BCUT2D eigenvalue weighted by molar-refractivity contribution is -0.117. The van der Waals surface area contributed by atoms with Gasteiger partial charge in [-0.1, -0.05) is 25.1 Å². The van der Waals surface area contributed by atoms with E-state index < -0.39 is 8.24 Å². The van der Waals surface area contributed by atoms with Crippen LogP contribution in [0.1, 0.15) is 26.7 Å². The van der Waals surface area contributed by atoms with Crippen molar-refractivity contribution in [2.75, 3.05) is 4.67 Å².